The van der Waals surface area contributed by atoms with Crippen molar-refractivity contribution in [2.24, 2.45) is 5.92 Å². The Labute approximate surface area is 99.4 Å². The molecule has 5 heteroatoms. The van der Waals surface area contributed by atoms with E-state index >= 15 is 0 Å². The second kappa shape index (κ2) is 4.14. The lowest BCUT2D eigenvalue weighted by atomic mass is 10.2. The second-order valence-electron chi connectivity index (χ2n) is 4.03. The molecule has 1 unspecified atom stereocenters. The lowest BCUT2D eigenvalue weighted by Crippen LogP contribution is -2.31. The van der Waals surface area contributed by atoms with E-state index in [2.05, 4.69) is 22.0 Å². The van der Waals surface area contributed by atoms with Crippen molar-refractivity contribution in [1.29, 1.82) is 0 Å². The lowest BCUT2D eigenvalue weighted by molar-refractivity contribution is 0.608. The van der Waals surface area contributed by atoms with E-state index in [4.69, 9.17) is 23.2 Å². The van der Waals surface area contributed by atoms with E-state index in [9.17, 15) is 0 Å². The Balaban J connectivity index is 2.23. The van der Waals surface area contributed by atoms with Crippen LogP contribution in [-0.4, -0.2) is 23.3 Å². The van der Waals surface area contributed by atoms with E-state index in [1.807, 2.05) is 7.05 Å². The molecule has 0 saturated heterocycles. The molecule has 1 aromatic rings. The molecule has 0 bridgehead atoms. The Morgan fingerprint density at radius 2 is 2.07 bits per heavy atom. The molecule has 1 fully saturated rings. The third kappa shape index (κ3) is 2.34. The van der Waals surface area contributed by atoms with Gasteiger partial charge in [0, 0.05) is 19.2 Å². The zero-order valence-electron chi connectivity index (χ0n) is 8.74. The Morgan fingerprint density at radius 3 is 2.67 bits per heavy atom. The number of halogens is 2. The summed E-state index contributed by atoms with van der Waals surface area (Å²) in [4.78, 5) is 2.13. The fourth-order valence-electron chi connectivity index (χ4n) is 1.71. The fourth-order valence-corrected chi connectivity index (χ4v) is 2.07. The lowest BCUT2D eigenvalue weighted by Gasteiger charge is -2.27. The molecule has 3 nitrogen and oxygen atoms in total. The summed E-state index contributed by atoms with van der Waals surface area (Å²) in [6, 6.07) is 2.23. The van der Waals surface area contributed by atoms with Gasteiger partial charge in [0.1, 0.15) is 0 Å². The van der Waals surface area contributed by atoms with Crippen LogP contribution in [0.2, 0.25) is 10.3 Å². The highest BCUT2D eigenvalue weighted by Gasteiger charge is 2.31. The maximum absolute atomic E-state index is 5.99. The summed E-state index contributed by atoms with van der Waals surface area (Å²) < 4.78 is 0. The topological polar surface area (TPSA) is 29.0 Å². The van der Waals surface area contributed by atoms with Gasteiger partial charge in [-0.2, -0.15) is 0 Å². The van der Waals surface area contributed by atoms with Crippen LogP contribution in [0.15, 0.2) is 6.07 Å². The van der Waals surface area contributed by atoms with Crippen molar-refractivity contribution >= 4 is 28.9 Å². The largest absolute Gasteiger partial charge is 0.369 e. The van der Waals surface area contributed by atoms with Gasteiger partial charge in [-0.3, -0.25) is 0 Å². The van der Waals surface area contributed by atoms with Crippen LogP contribution in [-0.2, 0) is 0 Å². The average Bonchev–Trinajstić information content (AvgIpc) is 3.03. The van der Waals surface area contributed by atoms with Crippen molar-refractivity contribution in [2.75, 3.05) is 11.9 Å². The van der Waals surface area contributed by atoms with Gasteiger partial charge < -0.3 is 4.90 Å². The molecule has 0 aliphatic heterocycles. The molecule has 2 rings (SSSR count). The van der Waals surface area contributed by atoms with Crippen molar-refractivity contribution in [3.05, 3.63) is 16.4 Å². The third-order valence-corrected chi connectivity index (χ3v) is 3.45. The Bertz CT molecular complexity index is 366. The highest BCUT2D eigenvalue weighted by atomic mass is 35.5. The van der Waals surface area contributed by atoms with Gasteiger partial charge >= 0.3 is 0 Å². The van der Waals surface area contributed by atoms with Crippen LogP contribution in [0.5, 0.6) is 0 Å². The molecule has 0 aromatic carbocycles. The van der Waals surface area contributed by atoms with Crippen molar-refractivity contribution in [3.63, 3.8) is 0 Å². The molecule has 1 heterocycles. The van der Waals surface area contributed by atoms with Crippen molar-refractivity contribution in [3.8, 4) is 0 Å². The number of rotatable bonds is 3. The van der Waals surface area contributed by atoms with Gasteiger partial charge in [0.05, 0.1) is 5.69 Å². The van der Waals surface area contributed by atoms with Crippen LogP contribution in [0.3, 0.4) is 0 Å². The van der Waals surface area contributed by atoms with Crippen LogP contribution in [0.25, 0.3) is 0 Å². The maximum Gasteiger partial charge on any atom is 0.175 e. The number of hydrogen-bond donors (Lipinski definition) is 0. The minimum absolute atomic E-state index is 0.379. The first-order valence-corrected chi connectivity index (χ1v) is 5.76. The predicted molar refractivity (Wildman–Crippen MR) is 62.6 cm³/mol. The minimum atomic E-state index is 0.379. The predicted octanol–water partition coefficient (Wildman–Crippen LogP) is 3.02. The molecular weight excluding hydrogens is 233 g/mol. The van der Waals surface area contributed by atoms with Gasteiger partial charge in [-0.05, 0) is 25.7 Å². The van der Waals surface area contributed by atoms with Crippen LogP contribution in [0, 0.1) is 5.92 Å². The van der Waals surface area contributed by atoms with Crippen molar-refractivity contribution < 1.29 is 0 Å². The first-order chi connectivity index (χ1) is 7.09. The molecule has 1 aromatic heterocycles. The summed E-state index contributed by atoms with van der Waals surface area (Å²) in [6.45, 7) is 2.20. The quantitative estimate of drug-likeness (QED) is 0.820. The zero-order valence-corrected chi connectivity index (χ0v) is 10.3. The van der Waals surface area contributed by atoms with E-state index in [1.165, 1.54) is 12.8 Å². The minimum Gasteiger partial charge on any atom is -0.369 e. The van der Waals surface area contributed by atoms with Gasteiger partial charge in [0.25, 0.3) is 0 Å². The fraction of sp³-hybridized carbons (Fsp3) is 0.600. The molecule has 0 N–H and O–H groups in total. The monoisotopic (exact) mass is 245 g/mol. The van der Waals surface area contributed by atoms with Gasteiger partial charge in [-0.1, -0.05) is 23.2 Å². The van der Waals surface area contributed by atoms with E-state index in [1.54, 1.807) is 6.07 Å². The molecule has 0 spiro atoms. The number of anilines is 1. The number of hydrogen-bond acceptors (Lipinski definition) is 3. The van der Waals surface area contributed by atoms with Crippen LogP contribution in [0.4, 0.5) is 5.69 Å². The van der Waals surface area contributed by atoms with Crippen LogP contribution >= 0.6 is 23.2 Å². The summed E-state index contributed by atoms with van der Waals surface area (Å²) in [5.74, 6) is 0.776. The Kier molecular flexibility index (Phi) is 3.03. The first kappa shape index (κ1) is 11.0. The van der Waals surface area contributed by atoms with E-state index in [-0.39, 0.29) is 0 Å². The molecule has 0 amide bonds. The number of nitrogens with zero attached hydrogens (tertiary/aromatic N) is 3. The van der Waals surface area contributed by atoms with Gasteiger partial charge in [0.2, 0.25) is 0 Å². The zero-order chi connectivity index (χ0) is 11.0. The third-order valence-electron chi connectivity index (χ3n) is 3.00. The number of aromatic nitrogens is 2. The molecular formula is C10H13Cl2N3. The standard InChI is InChI=1S/C10H13Cl2N3/c1-6(7-3-4-7)15(2)8-5-9(11)13-14-10(8)12/h5-7H,3-4H2,1-2H3. The summed E-state index contributed by atoms with van der Waals surface area (Å²) in [5, 5.41) is 8.29. The van der Waals surface area contributed by atoms with Gasteiger partial charge in [-0.25, -0.2) is 0 Å². The van der Waals surface area contributed by atoms with Crippen molar-refractivity contribution in [1.82, 2.24) is 10.2 Å². The van der Waals surface area contributed by atoms with Gasteiger partial charge in [0.15, 0.2) is 10.3 Å². The van der Waals surface area contributed by atoms with E-state index in [0.29, 0.717) is 16.3 Å². The summed E-state index contributed by atoms with van der Waals surface area (Å²) in [6.07, 6.45) is 2.60. The Hall–Kier alpha value is -0.540. The van der Waals surface area contributed by atoms with Crippen LogP contribution < -0.4 is 4.90 Å². The summed E-state index contributed by atoms with van der Waals surface area (Å²) >= 11 is 11.8. The highest BCUT2D eigenvalue weighted by molar-refractivity contribution is 6.33. The summed E-state index contributed by atoms with van der Waals surface area (Å²) in [7, 11) is 2.02. The second-order valence-corrected chi connectivity index (χ2v) is 4.78. The van der Waals surface area contributed by atoms with Crippen molar-refractivity contribution in [2.45, 2.75) is 25.8 Å². The van der Waals surface area contributed by atoms with Crippen LogP contribution in [0.1, 0.15) is 19.8 Å². The Morgan fingerprint density at radius 1 is 1.40 bits per heavy atom. The first-order valence-electron chi connectivity index (χ1n) is 5.01. The molecule has 82 valence electrons. The molecule has 15 heavy (non-hydrogen) atoms. The molecule has 1 aliphatic carbocycles. The molecule has 1 atom stereocenters. The summed E-state index contributed by atoms with van der Waals surface area (Å²) in [5.41, 5.74) is 0.857. The molecule has 1 saturated carbocycles. The highest BCUT2D eigenvalue weighted by Crippen LogP contribution is 2.37. The molecule has 1 aliphatic rings. The average molecular weight is 246 g/mol. The van der Waals surface area contributed by atoms with E-state index in [0.717, 1.165) is 11.6 Å². The maximum atomic E-state index is 5.99. The smallest absolute Gasteiger partial charge is 0.175 e. The van der Waals surface area contributed by atoms with Gasteiger partial charge in [-0.15, -0.1) is 10.2 Å². The SMILES string of the molecule is CC(C1CC1)N(C)c1cc(Cl)nnc1Cl. The molecule has 0 radical (unpaired) electrons. The normalized spacial score (nSPS) is 17.6. The van der Waals surface area contributed by atoms with E-state index < -0.39 is 0 Å².